The number of amides is 2. The number of hydrogen-bond donors (Lipinski definition) is 2. The Hall–Kier alpha value is -5.72. The molecule has 1 saturated heterocycles. The van der Waals surface area contributed by atoms with Crippen LogP contribution in [0.5, 0.6) is 17.2 Å². The van der Waals surface area contributed by atoms with Crippen molar-refractivity contribution in [2.24, 2.45) is 0 Å². The second-order valence-corrected chi connectivity index (χ2v) is 13.3. The van der Waals surface area contributed by atoms with E-state index < -0.39 is 54.9 Å². The summed E-state index contributed by atoms with van der Waals surface area (Å²) in [4.78, 5) is 39.4. The number of anilines is 2. The van der Waals surface area contributed by atoms with Gasteiger partial charge in [-0.25, -0.2) is 9.78 Å². The van der Waals surface area contributed by atoms with E-state index in [0.29, 0.717) is 11.3 Å². The monoisotopic (exact) mass is 685 g/mol. The van der Waals surface area contributed by atoms with Gasteiger partial charge in [-0.2, -0.15) is 18.5 Å². The highest BCUT2D eigenvalue weighted by atomic mass is 32.2. The van der Waals surface area contributed by atoms with Crippen molar-refractivity contribution < 1.29 is 41.2 Å². The van der Waals surface area contributed by atoms with E-state index in [2.05, 4.69) is 21.4 Å². The molecule has 0 bridgehead atoms. The van der Waals surface area contributed by atoms with E-state index in [1.54, 1.807) is 55.5 Å². The number of nitrogens with one attached hydrogen (secondary N) is 1. The first kappa shape index (κ1) is 33.2. The number of para-hydroxylation sites is 2. The molecule has 49 heavy (non-hydrogen) atoms. The number of aromatic nitrogens is 2. The van der Waals surface area contributed by atoms with Crippen LogP contribution in [-0.2, 0) is 20.4 Å². The molecule has 1 fully saturated rings. The fourth-order valence-electron chi connectivity index (χ4n) is 6.99. The van der Waals surface area contributed by atoms with Crippen molar-refractivity contribution >= 4 is 33.5 Å². The SMILES string of the molecule is CCOc1ccccc1C1(C2CNc3ccccc32)C(=O)[N+](C(=O)O)(S(=O)(=O)c2ccc(OC)cc2OC)CC(C#N)N1c1cnccn1. The van der Waals surface area contributed by atoms with Crippen LogP contribution >= 0.6 is 0 Å². The van der Waals surface area contributed by atoms with Crippen LogP contribution in [0.4, 0.5) is 16.3 Å². The maximum absolute atomic E-state index is 16.0. The van der Waals surface area contributed by atoms with Gasteiger partial charge in [-0.05, 0) is 40.6 Å². The van der Waals surface area contributed by atoms with E-state index in [-0.39, 0.29) is 41.8 Å². The van der Waals surface area contributed by atoms with Crippen LogP contribution in [0.3, 0.4) is 0 Å². The first-order valence-corrected chi connectivity index (χ1v) is 16.7. The summed E-state index contributed by atoms with van der Waals surface area (Å²) in [5.74, 6) is -1.99. The molecule has 2 amide bonds. The van der Waals surface area contributed by atoms with Crippen LogP contribution in [0, 0.1) is 11.3 Å². The second-order valence-electron chi connectivity index (χ2n) is 11.3. The predicted octanol–water partition coefficient (Wildman–Crippen LogP) is 4.12. The van der Waals surface area contributed by atoms with E-state index >= 15 is 13.2 Å². The van der Waals surface area contributed by atoms with Crippen LogP contribution < -0.4 is 24.4 Å². The van der Waals surface area contributed by atoms with Gasteiger partial charge in [0, 0.05) is 42.2 Å². The lowest BCUT2D eigenvalue weighted by molar-refractivity contribution is -0.660. The maximum Gasteiger partial charge on any atom is 0.537 e. The zero-order valence-corrected chi connectivity index (χ0v) is 27.6. The van der Waals surface area contributed by atoms with Crippen molar-refractivity contribution in [2.45, 2.75) is 29.3 Å². The Morgan fingerprint density at radius 2 is 1.86 bits per heavy atom. The van der Waals surface area contributed by atoms with E-state index in [1.165, 1.54) is 49.8 Å². The number of hydrogen-bond acceptors (Lipinski definition) is 12. The third kappa shape index (κ3) is 4.82. The average molecular weight is 686 g/mol. The molecule has 3 aromatic carbocycles. The summed E-state index contributed by atoms with van der Waals surface area (Å²) in [6.07, 6.45) is 2.14. The highest BCUT2D eigenvalue weighted by Gasteiger charge is 2.75. The number of carbonyl (C=O) groups is 2. The Bertz CT molecular complexity index is 2070. The van der Waals surface area contributed by atoms with Gasteiger partial charge >= 0.3 is 22.0 Å². The molecule has 0 radical (unpaired) electrons. The summed E-state index contributed by atoms with van der Waals surface area (Å²) in [6.45, 7) is 0.966. The molecule has 0 spiro atoms. The third-order valence-corrected chi connectivity index (χ3v) is 11.2. The minimum absolute atomic E-state index is 0.0562. The van der Waals surface area contributed by atoms with Crippen LogP contribution in [-0.4, -0.2) is 79.3 Å². The normalized spacial score (nSPS) is 23.1. The van der Waals surface area contributed by atoms with E-state index in [0.717, 1.165) is 6.07 Å². The molecule has 252 valence electrons. The Kier molecular flexibility index (Phi) is 8.61. The van der Waals surface area contributed by atoms with Gasteiger partial charge in [-0.1, -0.05) is 36.4 Å². The van der Waals surface area contributed by atoms with Gasteiger partial charge in [-0.15, -0.1) is 0 Å². The molecular weight excluding hydrogens is 652 g/mol. The lowest BCUT2D eigenvalue weighted by Crippen LogP contribution is -2.79. The Morgan fingerprint density at radius 3 is 2.53 bits per heavy atom. The van der Waals surface area contributed by atoms with Gasteiger partial charge < -0.3 is 29.5 Å². The standard InChI is InChI=1S/C34H32N6O8S/c1-4-48-28-12-8-6-10-25(28)34(26-19-38-27-11-7-5-9-24(26)27)32(41)40(33(42)43,21-22(18-35)39(34)31-20-36-15-16-37-31)49(44,45)30-14-13-23(46-2)17-29(30)47-3/h5-17,20,22,26,38H,4,19,21H2,1-3H3/p+1. The van der Waals surface area contributed by atoms with Gasteiger partial charge in [0.05, 0.1) is 33.1 Å². The van der Waals surface area contributed by atoms with E-state index in [4.69, 9.17) is 14.2 Å². The van der Waals surface area contributed by atoms with Crippen LogP contribution in [0.2, 0.25) is 0 Å². The largest absolute Gasteiger partial charge is 0.537 e. The number of methoxy groups -OCH3 is 2. The molecule has 4 atom stereocenters. The van der Waals surface area contributed by atoms with Crippen molar-refractivity contribution in [1.82, 2.24) is 9.97 Å². The maximum atomic E-state index is 16.0. The fourth-order valence-corrected chi connectivity index (χ4v) is 8.86. The number of nitrogens with zero attached hydrogens (tertiary/aromatic N) is 5. The van der Waals surface area contributed by atoms with Crippen molar-refractivity contribution in [1.29, 1.82) is 5.26 Å². The molecule has 14 nitrogen and oxygen atoms in total. The molecule has 4 unspecified atom stereocenters. The van der Waals surface area contributed by atoms with Crippen molar-refractivity contribution in [3.8, 4) is 23.3 Å². The van der Waals surface area contributed by atoms with Crippen LogP contribution in [0.15, 0.2) is 90.2 Å². The summed E-state index contributed by atoms with van der Waals surface area (Å²) in [7, 11) is -2.68. The van der Waals surface area contributed by atoms with Crippen molar-refractivity contribution in [3.05, 3.63) is 96.4 Å². The number of piperazine rings is 1. The molecule has 1 aromatic heterocycles. The summed E-state index contributed by atoms with van der Waals surface area (Å²) in [5.41, 5.74) is -0.848. The number of carbonyl (C=O) groups excluding carboxylic acids is 1. The number of sulfonamides is 1. The minimum atomic E-state index is -5.27. The molecule has 3 heterocycles. The molecule has 15 heteroatoms. The van der Waals surface area contributed by atoms with Crippen molar-refractivity contribution in [2.75, 3.05) is 44.1 Å². The summed E-state index contributed by atoms with van der Waals surface area (Å²) in [5, 5.41) is 25.4. The Morgan fingerprint density at radius 1 is 1.10 bits per heavy atom. The number of nitriles is 1. The second kappa shape index (κ2) is 12.7. The number of quaternary nitrogens is 1. The zero-order chi connectivity index (χ0) is 35.0. The lowest BCUT2D eigenvalue weighted by atomic mass is 9.70. The minimum Gasteiger partial charge on any atom is -0.497 e. The number of ether oxygens (including phenoxy) is 3. The number of fused-ring (bicyclic) bond motifs is 1. The highest BCUT2D eigenvalue weighted by Crippen LogP contribution is 2.56. The molecule has 2 aliphatic heterocycles. The molecule has 0 aliphatic carbocycles. The number of imide groups is 1. The highest BCUT2D eigenvalue weighted by molar-refractivity contribution is 7.86. The molecule has 2 N–H and O–H groups in total. The number of rotatable bonds is 9. The zero-order valence-electron chi connectivity index (χ0n) is 26.8. The fraction of sp³-hybridized carbons (Fsp3) is 0.265. The van der Waals surface area contributed by atoms with E-state index in [9.17, 15) is 15.2 Å². The third-order valence-electron chi connectivity index (χ3n) is 9.02. The topological polar surface area (TPSA) is 181 Å². The van der Waals surface area contributed by atoms with E-state index in [1.807, 2.05) is 0 Å². The van der Waals surface area contributed by atoms with Gasteiger partial charge in [0.25, 0.3) is 0 Å². The Labute approximate surface area is 282 Å². The molecule has 6 rings (SSSR count). The quantitative estimate of drug-likeness (QED) is 0.240. The molecule has 0 saturated carbocycles. The van der Waals surface area contributed by atoms with Gasteiger partial charge in [-0.3, -0.25) is 4.98 Å². The number of carboxylic acid groups (broad SMARTS) is 1. The smallest absolute Gasteiger partial charge is 0.497 e. The van der Waals surface area contributed by atoms with Gasteiger partial charge in [0.2, 0.25) is 0 Å². The molecule has 4 aromatic rings. The average Bonchev–Trinajstić information content (AvgIpc) is 3.56. The lowest BCUT2D eigenvalue weighted by Gasteiger charge is -2.53. The van der Waals surface area contributed by atoms with Crippen LogP contribution in [0.1, 0.15) is 24.0 Å². The first-order chi connectivity index (χ1) is 23.6. The Balaban J connectivity index is 1.79. The van der Waals surface area contributed by atoms with Gasteiger partial charge in [0.15, 0.2) is 16.5 Å². The molecular formula is C34H33N6O8S+. The molecule has 2 aliphatic rings. The first-order valence-electron chi connectivity index (χ1n) is 15.3. The summed E-state index contributed by atoms with van der Waals surface area (Å²) in [6, 6.07) is 18.0. The van der Waals surface area contributed by atoms with Crippen LogP contribution in [0.25, 0.3) is 0 Å². The summed E-state index contributed by atoms with van der Waals surface area (Å²) >= 11 is 0. The van der Waals surface area contributed by atoms with Gasteiger partial charge in [0.1, 0.15) is 29.6 Å². The predicted molar refractivity (Wildman–Crippen MR) is 176 cm³/mol. The van der Waals surface area contributed by atoms with Crippen molar-refractivity contribution in [3.63, 3.8) is 0 Å². The summed E-state index contributed by atoms with van der Waals surface area (Å²) < 4.78 is 44.7. The number of benzene rings is 3.